The number of methoxy groups -OCH3 is 1. The van der Waals surface area contributed by atoms with Gasteiger partial charge in [0.15, 0.2) is 0 Å². The molecule has 0 aliphatic heterocycles. The molecule has 21 heavy (non-hydrogen) atoms. The number of hydrogen-bond donors (Lipinski definition) is 2. The van der Waals surface area contributed by atoms with Crippen molar-refractivity contribution in [3.8, 4) is 5.75 Å². The molecule has 0 aromatic heterocycles. The smallest absolute Gasteiger partial charge is 0.253 e. The van der Waals surface area contributed by atoms with Gasteiger partial charge in [-0.3, -0.25) is 4.79 Å². The summed E-state index contributed by atoms with van der Waals surface area (Å²) in [5, 5.41) is 2.89. The lowest BCUT2D eigenvalue weighted by Gasteiger charge is -2.11. The van der Waals surface area contributed by atoms with Crippen LogP contribution >= 0.6 is 0 Å². The molecule has 2 aromatic rings. The predicted molar refractivity (Wildman–Crippen MR) is 84.6 cm³/mol. The minimum atomic E-state index is -0.181. The fourth-order valence-corrected chi connectivity index (χ4v) is 2.22. The number of rotatable bonds is 5. The second-order valence-electron chi connectivity index (χ2n) is 4.85. The van der Waals surface area contributed by atoms with E-state index in [1.54, 1.807) is 18.2 Å². The third-order valence-electron chi connectivity index (χ3n) is 3.47. The van der Waals surface area contributed by atoms with Crippen LogP contribution in [0.3, 0.4) is 0 Å². The van der Waals surface area contributed by atoms with Crippen LogP contribution in [0.1, 0.15) is 21.5 Å². The van der Waals surface area contributed by atoms with Crippen molar-refractivity contribution in [3.63, 3.8) is 0 Å². The Hall–Kier alpha value is -2.49. The monoisotopic (exact) mass is 284 g/mol. The maximum Gasteiger partial charge on any atom is 0.253 e. The van der Waals surface area contributed by atoms with Crippen LogP contribution in [0.2, 0.25) is 0 Å². The van der Waals surface area contributed by atoms with Crippen LogP contribution in [0.25, 0.3) is 0 Å². The molecule has 2 aromatic carbocycles. The molecule has 0 unspecified atom stereocenters. The molecule has 1 amide bonds. The number of aryl methyl sites for hydroxylation is 1. The van der Waals surface area contributed by atoms with Crippen LogP contribution in [0.5, 0.6) is 5.75 Å². The number of anilines is 1. The number of carbonyl (C=O) groups is 1. The van der Waals surface area contributed by atoms with Crippen molar-refractivity contribution in [1.29, 1.82) is 0 Å². The molecule has 3 N–H and O–H groups in total. The first-order chi connectivity index (χ1) is 10.1. The minimum absolute atomic E-state index is 0.181. The highest BCUT2D eigenvalue weighted by molar-refractivity contribution is 6.00. The van der Waals surface area contributed by atoms with Gasteiger partial charge in [-0.1, -0.05) is 30.3 Å². The van der Waals surface area contributed by atoms with Gasteiger partial charge in [-0.05, 0) is 36.6 Å². The van der Waals surface area contributed by atoms with E-state index in [1.165, 1.54) is 18.2 Å². The largest absolute Gasteiger partial charge is 0.495 e. The second kappa shape index (κ2) is 6.79. The van der Waals surface area contributed by atoms with Gasteiger partial charge in [-0.2, -0.15) is 0 Å². The molecule has 4 nitrogen and oxygen atoms in total. The number of nitrogen functional groups attached to an aromatic ring is 1. The summed E-state index contributed by atoms with van der Waals surface area (Å²) in [6.45, 7) is 2.64. The molecule has 0 aliphatic carbocycles. The molecule has 0 saturated heterocycles. The van der Waals surface area contributed by atoms with E-state index in [2.05, 4.69) is 24.4 Å². The van der Waals surface area contributed by atoms with Gasteiger partial charge in [-0.25, -0.2) is 0 Å². The maximum absolute atomic E-state index is 12.2. The maximum atomic E-state index is 12.2. The Kier molecular flexibility index (Phi) is 4.82. The average Bonchev–Trinajstić information content (AvgIpc) is 2.49. The van der Waals surface area contributed by atoms with Crippen molar-refractivity contribution < 1.29 is 9.53 Å². The molecule has 2 rings (SSSR count). The molecule has 0 atom stereocenters. The number of hydrogen-bond acceptors (Lipinski definition) is 3. The standard InChI is InChI=1S/C17H20N2O2/c1-12-6-3-4-7-13(12)10-11-19-17(20)14-8-5-9-15(21-2)16(14)18/h3-9H,10-11,18H2,1-2H3,(H,19,20). The van der Waals surface area contributed by atoms with Crippen LogP contribution in [0.15, 0.2) is 42.5 Å². The van der Waals surface area contributed by atoms with Gasteiger partial charge in [0.25, 0.3) is 5.91 Å². The summed E-state index contributed by atoms with van der Waals surface area (Å²) in [5.41, 5.74) is 9.19. The fraction of sp³-hybridized carbons (Fsp3) is 0.235. The highest BCUT2D eigenvalue weighted by Gasteiger charge is 2.12. The van der Waals surface area contributed by atoms with Crippen molar-refractivity contribution in [2.24, 2.45) is 0 Å². The Balaban J connectivity index is 1.98. The molecular formula is C17H20N2O2. The molecule has 0 spiro atoms. The number of carbonyl (C=O) groups excluding carboxylic acids is 1. The van der Waals surface area contributed by atoms with Crippen molar-refractivity contribution in [3.05, 3.63) is 59.2 Å². The van der Waals surface area contributed by atoms with Gasteiger partial charge in [0.1, 0.15) is 5.75 Å². The molecular weight excluding hydrogens is 264 g/mol. The first-order valence-corrected chi connectivity index (χ1v) is 6.88. The molecule has 0 bridgehead atoms. The number of benzene rings is 2. The Morgan fingerprint density at radius 3 is 2.67 bits per heavy atom. The van der Waals surface area contributed by atoms with Crippen LogP contribution in [-0.4, -0.2) is 19.6 Å². The lowest BCUT2D eigenvalue weighted by Crippen LogP contribution is -2.26. The summed E-state index contributed by atoms with van der Waals surface area (Å²) >= 11 is 0. The van der Waals surface area contributed by atoms with E-state index in [9.17, 15) is 4.79 Å². The molecule has 0 heterocycles. The summed E-state index contributed by atoms with van der Waals surface area (Å²) in [5.74, 6) is 0.335. The molecule has 4 heteroatoms. The zero-order chi connectivity index (χ0) is 15.2. The van der Waals surface area contributed by atoms with E-state index in [0.29, 0.717) is 23.5 Å². The van der Waals surface area contributed by atoms with Crippen molar-refractivity contribution >= 4 is 11.6 Å². The first-order valence-electron chi connectivity index (χ1n) is 6.88. The topological polar surface area (TPSA) is 64.3 Å². The molecule has 0 radical (unpaired) electrons. The SMILES string of the molecule is COc1cccc(C(=O)NCCc2ccccc2C)c1N. The van der Waals surface area contributed by atoms with Crippen LogP contribution < -0.4 is 15.8 Å². The van der Waals surface area contributed by atoms with E-state index >= 15 is 0 Å². The molecule has 0 fully saturated rings. The fourth-order valence-electron chi connectivity index (χ4n) is 2.22. The third kappa shape index (κ3) is 3.54. The zero-order valence-electron chi connectivity index (χ0n) is 12.3. The summed E-state index contributed by atoms with van der Waals surface area (Å²) in [4.78, 5) is 12.2. The van der Waals surface area contributed by atoms with Gasteiger partial charge in [-0.15, -0.1) is 0 Å². The Labute approximate surface area is 124 Å². The summed E-state index contributed by atoms with van der Waals surface area (Å²) in [7, 11) is 1.53. The summed E-state index contributed by atoms with van der Waals surface area (Å²) in [6.07, 6.45) is 0.794. The van der Waals surface area contributed by atoms with Crippen molar-refractivity contribution in [2.45, 2.75) is 13.3 Å². The normalized spacial score (nSPS) is 10.2. The van der Waals surface area contributed by atoms with Gasteiger partial charge < -0.3 is 15.8 Å². The minimum Gasteiger partial charge on any atom is -0.495 e. The third-order valence-corrected chi connectivity index (χ3v) is 3.47. The lowest BCUT2D eigenvalue weighted by molar-refractivity contribution is 0.0954. The lowest BCUT2D eigenvalue weighted by atomic mass is 10.1. The van der Waals surface area contributed by atoms with Crippen LogP contribution in [-0.2, 0) is 6.42 Å². The number of nitrogens with one attached hydrogen (secondary N) is 1. The Bertz CT molecular complexity index is 638. The number of para-hydroxylation sites is 1. The van der Waals surface area contributed by atoms with Gasteiger partial charge in [0.05, 0.1) is 18.4 Å². The van der Waals surface area contributed by atoms with E-state index < -0.39 is 0 Å². The Morgan fingerprint density at radius 2 is 1.95 bits per heavy atom. The first kappa shape index (κ1) is 14.9. The Morgan fingerprint density at radius 1 is 1.19 bits per heavy atom. The molecule has 0 aliphatic rings. The number of amides is 1. The summed E-state index contributed by atoms with van der Waals surface area (Å²) < 4.78 is 5.12. The van der Waals surface area contributed by atoms with Gasteiger partial charge in [0.2, 0.25) is 0 Å². The van der Waals surface area contributed by atoms with E-state index in [0.717, 1.165) is 6.42 Å². The molecule has 110 valence electrons. The predicted octanol–water partition coefficient (Wildman–Crippen LogP) is 2.56. The highest BCUT2D eigenvalue weighted by Crippen LogP contribution is 2.24. The van der Waals surface area contributed by atoms with E-state index in [-0.39, 0.29) is 5.91 Å². The van der Waals surface area contributed by atoms with Crippen LogP contribution in [0.4, 0.5) is 5.69 Å². The number of nitrogens with two attached hydrogens (primary N) is 1. The quantitative estimate of drug-likeness (QED) is 0.829. The van der Waals surface area contributed by atoms with E-state index in [1.807, 2.05) is 12.1 Å². The van der Waals surface area contributed by atoms with Gasteiger partial charge >= 0.3 is 0 Å². The van der Waals surface area contributed by atoms with E-state index in [4.69, 9.17) is 10.5 Å². The highest BCUT2D eigenvalue weighted by atomic mass is 16.5. The van der Waals surface area contributed by atoms with Crippen LogP contribution in [0, 0.1) is 6.92 Å². The summed E-state index contributed by atoms with van der Waals surface area (Å²) in [6, 6.07) is 13.3. The van der Waals surface area contributed by atoms with Gasteiger partial charge in [0, 0.05) is 6.54 Å². The molecule has 0 saturated carbocycles. The number of ether oxygens (including phenoxy) is 1. The van der Waals surface area contributed by atoms with Crippen molar-refractivity contribution in [2.75, 3.05) is 19.4 Å². The average molecular weight is 284 g/mol. The zero-order valence-corrected chi connectivity index (χ0v) is 12.3. The second-order valence-corrected chi connectivity index (χ2v) is 4.85. The van der Waals surface area contributed by atoms with Crippen molar-refractivity contribution in [1.82, 2.24) is 5.32 Å².